The number of likely N-dealkylation sites (tertiary alicyclic amines) is 1. The van der Waals surface area contributed by atoms with Crippen molar-refractivity contribution in [2.75, 3.05) is 13.1 Å². The molecule has 1 aliphatic heterocycles. The topological polar surface area (TPSA) is 95.9 Å². The van der Waals surface area contributed by atoms with Crippen LogP contribution in [-0.4, -0.2) is 47.1 Å². The molecule has 7 nitrogen and oxygen atoms in total. The Balaban J connectivity index is 1.73. The predicted octanol–water partition coefficient (Wildman–Crippen LogP) is 1.38. The van der Waals surface area contributed by atoms with Gasteiger partial charge in [0.15, 0.2) is 0 Å². The number of nitrogens with zero attached hydrogens (tertiary/aromatic N) is 1. The van der Waals surface area contributed by atoms with E-state index in [0.29, 0.717) is 13.0 Å². The van der Waals surface area contributed by atoms with Gasteiger partial charge in [-0.25, -0.2) is 4.79 Å². The molecule has 1 aromatic carbocycles. The van der Waals surface area contributed by atoms with Crippen LogP contribution in [0, 0.1) is 0 Å². The van der Waals surface area contributed by atoms with Crippen molar-refractivity contribution in [3.05, 3.63) is 35.9 Å². The van der Waals surface area contributed by atoms with Crippen molar-refractivity contribution >= 4 is 18.0 Å². The van der Waals surface area contributed by atoms with Crippen molar-refractivity contribution in [3.8, 4) is 0 Å². The smallest absolute Gasteiger partial charge is 0.407 e. The van der Waals surface area contributed by atoms with E-state index in [1.54, 1.807) is 0 Å². The van der Waals surface area contributed by atoms with Gasteiger partial charge in [-0.3, -0.25) is 9.59 Å². The number of aliphatic carboxylic acids is 1. The van der Waals surface area contributed by atoms with E-state index in [-0.39, 0.29) is 31.5 Å². The lowest BCUT2D eigenvalue weighted by molar-refractivity contribution is -0.139. The third-order valence-corrected chi connectivity index (χ3v) is 3.70. The van der Waals surface area contributed by atoms with Gasteiger partial charge >= 0.3 is 12.1 Å². The number of benzene rings is 1. The van der Waals surface area contributed by atoms with Crippen LogP contribution in [0.1, 0.15) is 24.8 Å². The Morgan fingerprint density at radius 1 is 1.26 bits per heavy atom. The molecule has 1 saturated heterocycles. The maximum Gasteiger partial charge on any atom is 0.407 e. The van der Waals surface area contributed by atoms with Crippen LogP contribution in [0.5, 0.6) is 0 Å². The lowest BCUT2D eigenvalue weighted by atomic mass is 10.1. The highest BCUT2D eigenvalue weighted by Crippen LogP contribution is 2.19. The van der Waals surface area contributed by atoms with Gasteiger partial charge in [0.25, 0.3) is 0 Å². The first-order valence-corrected chi connectivity index (χ1v) is 7.52. The number of carbonyl (C=O) groups is 3. The molecule has 1 aromatic rings. The zero-order chi connectivity index (χ0) is 16.7. The fourth-order valence-corrected chi connectivity index (χ4v) is 2.60. The number of amides is 2. The molecule has 1 fully saturated rings. The minimum Gasteiger partial charge on any atom is -0.481 e. The van der Waals surface area contributed by atoms with Crippen LogP contribution >= 0.6 is 0 Å². The molecule has 0 radical (unpaired) electrons. The molecule has 0 unspecified atom stereocenters. The first kappa shape index (κ1) is 16.8. The highest BCUT2D eigenvalue weighted by atomic mass is 16.5. The van der Waals surface area contributed by atoms with Crippen molar-refractivity contribution in [1.29, 1.82) is 0 Å². The van der Waals surface area contributed by atoms with E-state index in [1.165, 1.54) is 4.90 Å². The minimum absolute atomic E-state index is 0.0653. The Hall–Kier alpha value is -2.57. The van der Waals surface area contributed by atoms with Gasteiger partial charge in [-0.05, 0) is 18.4 Å². The summed E-state index contributed by atoms with van der Waals surface area (Å²) in [4.78, 5) is 36.0. The zero-order valence-corrected chi connectivity index (χ0v) is 12.7. The lowest BCUT2D eigenvalue weighted by Crippen LogP contribution is -2.43. The molecule has 2 N–H and O–H groups in total. The highest BCUT2D eigenvalue weighted by molar-refractivity contribution is 5.83. The Morgan fingerprint density at radius 2 is 2.00 bits per heavy atom. The van der Waals surface area contributed by atoms with Crippen LogP contribution in [0.15, 0.2) is 30.3 Å². The standard InChI is InChI=1S/C16H20N2O5/c19-14(18-8-4-7-13(18)9-15(20)21)10-17-16(22)23-11-12-5-2-1-3-6-12/h1-3,5-6,13H,4,7-11H2,(H,17,22)(H,20,21)/t13-/m0/s1. The number of alkyl carbamates (subject to hydrolysis) is 1. The third kappa shape index (κ3) is 5.28. The monoisotopic (exact) mass is 320 g/mol. The van der Waals surface area contributed by atoms with E-state index in [4.69, 9.17) is 9.84 Å². The molecule has 1 atom stereocenters. The van der Waals surface area contributed by atoms with Crippen molar-refractivity contribution in [3.63, 3.8) is 0 Å². The maximum atomic E-state index is 12.1. The Kier molecular flexibility index (Phi) is 5.96. The van der Waals surface area contributed by atoms with E-state index >= 15 is 0 Å². The van der Waals surface area contributed by atoms with E-state index < -0.39 is 12.1 Å². The second-order valence-corrected chi connectivity index (χ2v) is 5.40. The number of carboxylic acids is 1. The summed E-state index contributed by atoms with van der Waals surface area (Å²) in [5, 5.41) is 11.2. The molecule has 0 aliphatic carbocycles. The summed E-state index contributed by atoms with van der Waals surface area (Å²) in [5.74, 6) is -1.21. The molecule has 0 bridgehead atoms. The molecule has 0 spiro atoms. The number of carbonyl (C=O) groups excluding carboxylic acids is 2. The van der Waals surface area contributed by atoms with Gasteiger partial charge < -0.3 is 20.1 Å². The predicted molar refractivity (Wildman–Crippen MR) is 81.6 cm³/mol. The van der Waals surface area contributed by atoms with Gasteiger partial charge in [-0.1, -0.05) is 30.3 Å². The number of nitrogens with one attached hydrogen (secondary N) is 1. The third-order valence-electron chi connectivity index (χ3n) is 3.70. The maximum absolute atomic E-state index is 12.1. The molecule has 0 saturated carbocycles. The quantitative estimate of drug-likeness (QED) is 0.825. The lowest BCUT2D eigenvalue weighted by Gasteiger charge is -2.23. The average molecular weight is 320 g/mol. The normalized spacial score (nSPS) is 16.9. The van der Waals surface area contributed by atoms with Crippen molar-refractivity contribution in [1.82, 2.24) is 10.2 Å². The van der Waals surface area contributed by atoms with Crippen LogP contribution in [-0.2, 0) is 20.9 Å². The van der Waals surface area contributed by atoms with Crippen LogP contribution in [0.2, 0.25) is 0 Å². The highest BCUT2D eigenvalue weighted by Gasteiger charge is 2.30. The van der Waals surface area contributed by atoms with Crippen LogP contribution in [0.3, 0.4) is 0 Å². The number of hydrogen-bond donors (Lipinski definition) is 2. The summed E-state index contributed by atoms with van der Waals surface area (Å²) in [6, 6.07) is 8.93. The Labute approximate surface area is 134 Å². The summed E-state index contributed by atoms with van der Waals surface area (Å²) < 4.78 is 5.02. The van der Waals surface area contributed by atoms with Gasteiger partial charge in [0.2, 0.25) is 5.91 Å². The second-order valence-electron chi connectivity index (χ2n) is 5.40. The van der Waals surface area contributed by atoms with Crippen molar-refractivity contribution in [2.45, 2.75) is 31.9 Å². The average Bonchev–Trinajstić information content (AvgIpc) is 2.99. The van der Waals surface area contributed by atoms with Gasteiger partial charge in [-0.2, -0.15) is 0 Å². The molecular formula is C16H20N2O5. The summed E-state index contributed by atoms with van der Waals surface area (Å²) in [6.45, 7) is 0.466. The fraction of sp³-hybridized carbons (Fsp3) is 0.438. The number of rotatable bonds is 6. The summed E-state index contributed by atoms with van der Waals surface area (Å²) in [6.07, 6.45) is 0.721. The minimum atomic E-state index is -0.926. The SMILES string of the molecule is O=C(O)C[C@@H]1CCCN1C(=O)CNC(=O)OCc1ccccc1. The Bertz CT molecular complexity index is 561. The molecule has 7 heteroatoms. The zero-order valence-electron chi connectivity index (χ0n) is 12.7. The van der Waals surface area contributed by atoms with E-state index in [1.807, 2.05) is 30.3 Å². The second kappa shape index (κ2) is 8.17. The van der Waals surface area contributed by atoms with Gasteiger partial charge in [0, 0.05) is 12.6 Å². The molecule has 23 heavy (non-hydrogen) atoms. The first-order chi connectivity index (χ1) is 11.1. The largest absolute Gasteiger partial charge is 0.481 e. The van der Waals surface area contributed by atoms with Gasteiger partial charge in [0.1, 0.15) is 13.2 Å². The molecule has 0 aromatic heterocycles. The number of ether oxygens (including phenoxy) is 1. The first-order valence-electron chi connectivity index (χ1n) is 7.52. The van der Waals surface area contributed by atoms with Gasteiger partial charge in [0.05, 0.1) is 6.42 Å². The van der Waals surface area contributed by atoms with Crippen molar-refractivity contribution < 1.29 is 24.2 Å². The summed E-state index contributed by atoms with van der Waals surface area (Å²) in [7, 11) is 0. The molecular weight excluding hydrogens is 300 g/mol. The van der Waals surface area contributed by atoms with Crippen molar-refractivity contribution in [2.24, 2.45) is 0 Å². The molecule has 2 rings (SSSR count). The van der Waals surface area contributed by atoms with Gasteiger partial charge in [-0.15, -0.1) is 0 Å². The van der Waals surface area contributed by atoms with Crippen LogP contribution < -0.4 is 5.32 Å². The fourth-order valence-electron chi connectivity index (χ4n) is 2.60. The van der Waals surface area contributed by atoms with Crippen LogP contribution in [0.4, 0.5) is 4.79 Å². The van der Waals surface area contributed by atoms with E-state index in [2.05, 4.69) is 5.32 Å². The number of hydrogen-bond acceptors (Lipinski definition) is 4. The number of carboxylic acid groups (broad SMARTS) is 1. The summed E-state index contributed by atoms with van der Waals surface area (Å²) in [5.41, 5.74) is 0.857. The molecule has 1 heterocycles. The van der Waals surface area contributed by atoms with E-state index in [9.17, 15) is 14.4 Å². The summed E-state index contributed by atoms with van der Waals surface area (Å²) >= 11 is 0. The molecule has 1 aliphatic rings. The Morgan fingerprint density at radius 3 is 2.70 bits per heavy atom. The molecule has 124 valence electrons. The van der Waals surface area contributed by atoms with E-state index in [0.717, 1.165) is 12.0 Å². The molecule has 2 amide bonds. The van der Waals surface area contributed by atoms with Crippen LogP contribution in [0.25, 0.3) is 0 Å².